The van der Waals surface area contributed by atoms with Gasteiger partial charge in [-0.15, -0.1) is 0 Å². The van der Waals surface area contributed by atoms with Crippen molar-refractivity contribution in [1.29, 1.82) is 0 Å². The van der Waals surface area contributed by atoms with Crippen molar-refractivity contribution in [3.05, 3.63) is 72.1 Å². The van der Waals surface area contributed by atoms with E-state index in [9.17, 15) is 8.42 Å². The minimum Gasteiger partial charge on any atom is -0.439 e. The molecular formula is C26H28N6O4S. The van der Waals surface area contributed by atoms with Gasteiger partial charge in [0, 0.05) is 43.7 Å². The van der Waals surface area contributed by atoms with Crippen LogP contribution in [0.25, 0.3) is 11.3 Å². The largest absolute Gasteiger partial charge is 0.439 e. The van der Waals surface area contributed by atoms with Crippen molar-refractivity contribution in [3.63, 3.8) is 0 Å². The molecule has 11 heteroatoms. The van der Waals surface area contributed by atoms with Crippen LogP contribution in [-0.2, 0) is 21.8 Å². The summed E-state index contributed by atoms with van der Waals surface area (Å²) in [6.45, 7) is 7.05. The van der Waals surface area contributed by atoms with Gasteiger partial charge in [-0.05, 0) is 49.2 Å². The molecule has 1 aliphatic heterocycles. The van der Waals surface area contributed by atoms with Crippen LogP contribution in [0.15, 0.2) is 65.8 Å². The summed E-state index contributed by atoms with van der Waals surface area (Å²) in [5.41, 5.74) is 4.52. The van der Waals surface area contributed by atoms with Crippen LogP contribution in [0.2, 0.25) is 0 Å². The Morgan fingerprint density at radius 3 is 2.35 bits per heavy atom. The summed E-state index contributed by atoms with van der Waals surface area (Å²) >= 11 is 0. The number of ether oxygens (including phenoxy) is 2. The molecule has 0 saturated carbocycles. The van der Waals surface area contributed by atoms with Crippen molar-refractivity contribution in [2.24, 2.45) is 7.05 Å². The second-order valence-corrected chi connectivity index (χ2v) is 10.5. The van der Waals surface area contributed by atoms with E-state index < -0.39 is 10.0 Å². The molecule has 4 aromatic rings. The van der Waals surface area contributed by atoms with Gasteiger partial charge in [0.2, 0.25) is 11.8 Å². The number of morpholine rings is 1. The summed E-state index contributed by atoms with van der Waals surface area (Å²) in [4.78, 5) is 11.2. The Morgan fingerprint density at radius 1 is 1.00 bits per heavy atom. The lowest BCUT2D eigenvalue weighted by Gasteiger charge is -2.28. The van der Waals surface area contributed by atoms with E-state index in [0.717, 1.165) is 35.5 Å². The van der Waals surface area contributed by atoms with E-state index in [1.54, 1.807) is 13.1 Å². The zero-order chi connectivity index (χ0) is 26.0. The van der Waals surface area contributed by atoms with Gasteiger partial charge in [-0.1, -0.05) is 18.2 Å². The van der Waals surface area contributed by atoms with E-state index in [4.69, 9.17) is 9.47 Å². The van der Waals surface area contributed by atoms with Crippen LogP contribution < -0.4 is 14.4 Å². The van der Waals surface area contributed by atoms with Crippen molar-refractivity contribution in [3.8, 4) is 22.9 Å². The number of nitrogens with one attached hydrogen (secondary N) is 1. The Hall–Kier alpha value is -3.96. The minimum atomic E-state index is -3.95. The van der Waals surface area contributed by atoms with Crippen molar-refractivity contribution in [2.45, 2.75) is 18.7 Å². The number of aryl methyl sites for hydroxylation is 3. The molecule has 0 radical (unpaired) electrons. The SMILES string of the molecule is Cc1cccc(C)c1-c1cc(Oc2ccc(N3CCOCC3)cc2)nc(NS(=O)(=O)c2cnn(C)c2)n1. The number of nitrogens with zero attached hydrogens (tertiary/aromatic N) is 5. The minimum absolute atomic E-state index is 0.0113. The fourth-order valence-corrected chi connectivity index (χ4v) is 5.18. The first-order valence-electron chi connectivity index (χ1n) is 11.9. The number of benzene rings is 2. The Bertz CT molecular complexity index is 1490. The van der Waals surface area contributed by atoms with Crippen molar-refractivity contribution in [2.75, 3.05) is 35.9 Å². The van der Waals surface area contributed by atoms with Crippen molar-refractivity contribution in [1.82, 2.24) is 19.7 Å². The lowest BCUT2D eigenvalue weighted by Crippen LogP contribution is -2.36. The van der Waals surface area contributed by atoms with Gasteiger partial charge < -0.3 is 14.4 Å². The zero-order valence-electron chi connectivity index (χ0n) is 20.9. The summed E-state index contributed by atoms with van der Waals surface area (Å²) in [5.74, 6) is 0.698. The lowest BCUT2D eigenvalue weighted by atomic mass is 10.00. The van der Waals surface area contributed by atoms with Crippen LogP contribution in [0.4, 0.5) is 11.6 Å². The average molecular weight is 521 g/mol. The second kappa shape index (κ2) is 10.2. The van der Waals surface area contributed by atoms with Crippen LogP contribution >= 0.6 is 0 Å². The van der Waals surface area contributed by atoms with Crippen LogP contribution in [-0.4, -0.2) is 54.5 Å². The van der Waals surface area contributed by atoms with Gasteiger partial charge in [-0.2, -0.15) is 10.1 Å². The highest BCUT2D eigenvalue weighted by Gasteiger charge is 2.20. The van der Waals surface area contributed by atoms with E-state index in [2.05, 4.69) is 24.7 Å². The average Bonchev–Trinajstić information content (AvgIpc) is 3.32. The van der Waals surface area contributed by atoms with Gasteiger partial charge in [0.1, 0.15) is 10.6 Å². The second-order valence-electron chi connectivity index (χ2n) is 8.83. The summed E-state index contributed by atoms with van der Waals surface area (Å²) in [5, 5.41) is 3.95. The Kier molecular flexibility index (Phi) is 6.81. The number of hydrogen-bond donors (Lipinski definition) is 1. The highest BCUT2D eigenvalue weighted by Crippen LogP contribution is 2.31. The van der Waals surface area contributed by atoms with E-state index >= 15 is 0 Å². The molecule has 0 atom stereocenters. The molecule has 2 aromatic carbocycles. The van der Waals surface area contributed by atoms with Gasteiger partial charge in [0.15, 0.2) is 0 Å². The topological polar surface area (TPSA) is 111 Å². The molecule has 0 amide bonds. The Morgan fingerprint density at radius 2 is 1.70 bits per heavy atom. The molecule has 1 aliphatic rings. The first-order valence-corrected chi connectivity index (χ1v) is 13.3. The standard InChI is InChI=1S/C26H28N6O4S/c1-18-5-4-6-19(2)25(18)23-15-24(29-26(28-23)30-37(33,34)22-16-27-31(3)17-22)36-21-9-7-20(8-10-21)32-11-13-35-14-12-32/h4-10,15-17H,11-14H2,1-3H3,(H,28,29,30). The normalized spacial score (nSPS) is 14.0. The molecule has 0 aliphatic carbocycles. The molecule has 37 heavy (non-hydrogen) atoms. The third-order valence-corrected chi connectivity index (χ3v) is 7.38. The maximum atomic E-state index is 13.0. The van der Waals surface area contributed by atoms with E-state index in [-0.39, 0.29) is 16.7 Å². The number of aromatic nitrogens is 4. The molecule has 1 fully saturated rings. The third-order valence-electron chi connectivity index (χ3n) is 6.09. The van der Waals surface area contributed by atoms with Gasteiger partial charge in [0.25, 0.3) is 10.0 Å². The zero-order valence-corrected chi connectivity index (χ0v) is 21.7. The Labute approximate surface area is 215 Å². The molecule has 1 saturated heterocycles. The molecule has 10 nitrogen and oxygen atoms in total. The number of hydrogen-bond acceptors (Lipinski definition) is 8. The number of sulfonamides is 1. The van der Waals surface area contributed by atoms with Crippen molar-refractivity contribution < 1.29 is 17.9 Å². The number of anilines is 2. The summed E-state index contributed by atoms with van der Waals surface area (Å²) < 4.78 is 41.3. The van der Waals surface area contributed by atoms with Crippen LogP contribution in [0.5, 0.6) is 11.6 Å². The highest BCUT2D eigenvalue weighted by atomic mass is 32.2. The molecule has 2 aromatic heterocycles. The fraction of sp³-hybridized carbons (Fsp3) is 0.269. The predicted molar refractivity (Wildman–Crippen MR) is 141 cm³/mol. The van der Waals surface area contributed by atoms with E-state index in [1.807, 2.05) is 56.3 Å². The first kappa shape index (κ1) is 24.7. The summed E-state index contributed by atoms with van der Waals surface area (Å²) in [6, 6.07) is 15.3. The van der Waals surface area contributed by atoms with Gasteiger partial charge in [-0.25, -0.2) is 18.1 Å². The van der Waals surface area contributed by atoms with E-state index in [1.165, 1.54) is 17.1 Å². The summed E-state index contributed by atoms with van der Waals surface area (Å²) in [6.07, 6.45) is 2.68. The smallest absolute Gasteiger partial charge is 0.267 e. The fourth-order valence-electron chi connectivity index (χ4n) is 4.25. The first-order chi connectivity index (χ1) is 17.8. The quantitative estimate of drug-likeness (QED) is 0.390. The molecule has 3 heterocycles. The molecule has 1 N–H and O–H groups in total. The predicted octanol–water partition coefficient (Wildman–Crippen LogP) is 3.92. The molecule has 5 rings (SSSR count). The molecule has 0 unspecified atom stereocenters. The van der Waals surface area contributed by atoms with E-state index in [0.29, 0.717) is 24.7 Å². The van der Waals surface area contributed by atoms with Crippen LogP contribution in [0.1, 0.15) is 11.1 Å². The Balaban J connectivity index is 1.49. The van der Waals surface area contributed by atoms with Gasteiger partial charge >= 0.3 is 0 Å². The van der Waals surface area contributed by atoms with Crippen LogP contribution in [0.3, 0.4) is 0 Å². The third kappa shape index (κ3) is 5.57. The van der Waals surface area contributed by atoms with Gasteiger partial charge in [0.05, 0.1) is 25.1 Å². The molecule has 0 bridgehead atoms. The monoisotopic (exact) mass is 520 g/mol. The molecule has 0 spiro atoms. The maximum Gasteiger partial charge on any atom is 0.267 e. The molecular weight excluding hydrogens is 492 g/mol. The summed E-state index contributed by atoms with van der Waals surface area (Å²) in [7, 11) is -2.30. The van der Waals surface area contributed by atoms with Crippen LogP contribution in [0, 0.1) is 13.8 Å². The number of rotatable bonds is 7. The maximum absolute atomic E-state index is 13.0. The highest BCUT2D eigenvalue weighted by molar-refractivity contribution is 7.92. The van der Waals surface area contributed by atoms with Crippen molar-refractivity contribution >= 4 is 21.7 Å². The molecule has 192 valence electrons. The van der Waals surface area contributed by atoms with Gasteiger partial charge in [-0.3, -0.25) is 4.68 Å². The lowest BCUT2D eigenvalue weighted by molar-refractivity contribution is 0.122.